The first-order valence-electron chi connectivity index (χ1n) is 9.88. The predicted molar refractivity (Wildman–Crippen MR) is 106 cm³/mol. The summed E-state index contributed by atoms with van der Waals surface area (Å²) >= 11 is 0. The van der Waals surface area contributed by atoms with E-state index in [0.717, 1.165) is 26.2 Å². The quantitative estimate of drug-likeness (QED) is 0.123. The SMILES string of the molecule is CC(=O)O.CCCCCCCCCCCCCCCC(=O)OC(=O)C=N.[H-].[H-].[Na+].[Na+]. The first-order chi connectivity index (χ1) is 12.4. The molecular formula is C20H39NNa2O5. The van der Waals surface area contributed by atoms with Gasteiger partial charge in [-0.25, -0.2) is 4.79 Å². The van der Waals surface area contributed by atoms with E-state index in [-0.39, 0.29) is 68.4 Å². The van der Waals surface area contributed by atoms with E-state index < -0.39 is 17.9 Å². The molecule has 0 bridgehead atoms. The van der Waals surface area contributed by atoms with Crippen molar-refractivity contribution in [1.29, 1.82) is 5.41 Å². The van der Waals surface area contributed by atoms with Gasteiger partial charge in [-0.1, -0.05) is 84.0 Å². The van der Waals surface area contributed by atoms with Crippen molar-refractivity contribution < 1.29 is 86.2 Å². The predicted octanol–water partition coefficient (Wildman–Crippen LogP) is -0.489. The topological polar surface area (TPSA) is 105 Å². The van der Waals surface area contributed by atoms with Gasteiger partial charge in [0.25, 0.3) is 5.97 Å². The number of carbonyl (C=O) groups excluding carboxylic acids is 2. The summed E-state index contributed by atoms with van der Waals surface area (Å²) in [5.74, 6) is -2.23. The minimum Gasteiger partial charge on any atom is -1.00 e. The van der Waals surface area contributed by atoms with Gasteiger partial charge in [-0.3, -0.25) is 9.59 Å². The van der Waals surface area contributed by atoms with Gasteiger partial charge in [0.15, 0.2) is 0 Å². The van der Waals surface area contributed by atoms with Crippen LogP contribution in [0.2, 0.25) is 0 Å². The Morgan fingerprint density at radius 2 is 1.14 bits per heavy atom. The summed E-state index contributed by atoms with van der Waals surface area (Å²) in [6.45, 7) is 3.33. The van der Waals surface area contributed by atoms with E-state index >= 15 is 0 Å². The largest absolute Gasteiger partial charge is 1.00 e. The number of carboxylic acids is 1. The molecule has 0 amide bonds. The number of esters is 2. The summed E-state index contributed by atoms with van der Waals surface area (Å²) in [6, 6.07) is 0. The van der Waals surface area contributed by atoms with Crippen LogP contribution in [0.5, 0.6) is 0 Å². The number of carbonyl (C=O) groups is 3. The summed E-state index contributed by atoms with van der Waals surface area (Å²) in [4.78, 5) is 30.8. The summed E-state index contributed by atoms with van der Waals surface area (Å²) in [5, 5.41) is 14.0. The second-order valence-corrected chi connectivity index (χ2v) is 6.45. The zero-order chi connectivity index (χ0) is 20.0. The Labute approximate surface area is 218 Å². The van der Waals surface area contributed by atoms with Crippen LogP contribution in [-0.4, -0.2) is 29.2 Å². The van der Waals surface area contributed by atoms with Crippen LogP contribution < -0.4 is 59.1 Å². The number of aliphatic carboxylic acids is 1. The normalized spacial score (nSPS) is 9.07. The van der Waals surface area contributed by atoms with Crippen LogP contribution in [0.4, 0.5) is 0 Å². The van der Waals surface area contributed by atoms with Crippen molar-refractivity contribution in [2.45, 2.75) is 104 Å². The first kappa shape index (κ1) is 35.7. The number of nitrogens with one attached hydrogen (secondary N) is 1. The van der Waals surface area contributed by atoms with Crippen LogP contribution in [0.3, 0.4) is 0 Å². The van der Waals surface area contributed by atoms with Gasteiger partial charge in [0, 0.05) is 13.3 Å². The average Bonchev–Trinajstić information content (AvgIpc) is 2.58. The minimum atomic E-state index is -0.875. The number of hydrogen-bond acceptors (Lipinski definition) is 5. The van der Waals surface area contributed by atoms with Gasteiger partial charge in [0.05, 0.1) is 0 Å². The molecule has 0 rings (SSSR count). The van der Waals surface area contributed by atoms with E-state index in [1.54, 1.807) is 0 Å². The molecule has 0 radical (unpaired) electrons. The van der Waals surface area contributed by atoms with E-state index in [2.05, 4.69) is 11.7 Å². The summed E-state index contributed by atoms with van der Waals surface area (Å²) in [6.07, 6.45) is 17.1. The fourth-order valence-corrected chi connectivity index (χ4v) is 2.48. The van der Waals surface area contributed by atoms with E-state index in [0.29, 0.717) is 6.21 Å². The third kappa shape index (κ3) is 37.1. The van der Waals surface area contributed by atoms with Gasteiger partial charge in [-0.15, -0.1) is 0 Å². The second-order valence-electron chi connectivity index (χ2n) is 6.45. The standard InChI is InChI=1S/C18H33NO3.C2H4O2.2Na.2H/c1-2-3-4-5-6-7-8-9-10-11-12-13-14-15-17(20)22-18(21)16-19;1-2(3)4;;;;/h16,19H,2-15H2,1H3;1H3,(H,3,4);;;;/q;;2*+1;2*-1. The molecule has 8 heteroatoms. The maximum atomic E-state index is 11.2. The molecule has 0 saturated heterocycles. The zero-order valence-corrected chi connectivity index (χ0v) is 22.6. The average molecular weight is 420 g/mol. The zero-order valence-electron chi connectivity index (χ0n) is 20.6. The molecule has 0 aromatic carbocycles. The molecule has 0 spiro atoms. The Balaban J connectivity index is -0.000000164. The monoisotopic (exact) mass is 419 g/mol. The van der Waals surface area contributed by atoms with Crippen molar-refractivity contribution in [2.24, 2.45) is 0 Å². The number of carboxylic acid groups (broad SMARTS) is 1. The van der Waals surface area contributed by atoms with Crippen molar-refractivity contribution in [3.63, 3.8) is 0 Å². The molecule has 0 aromatic heterocycles. The van der Waals surface area contributed by atoms with Crippen LogP contribution in [0.25, 0.3) is 0 Å². The van der Waals surface area contributed by atoms with Crippen molar-refractivity contribution in [1.82, 2.24) is 0 Å². The first-order valence-corrected chi connectivity index (χ1v) is 9.88. The Morgan fingerprint density at radius 3 is 1.46 bits per heavy atom. The third-order valence-corrected chi connectivity index (χ3v) is 3.82. The minimum absolute atomic E-state index is 0. The fraction of sp³-hybridized carbons (Fsp3) is 0.800. The second kappa shape index (κ2) is 29.5. The smallest absolute Gasteiger partial charge is 1.00 e. The van der Waals surface area contributed by atoms with Crippen LogP contribution >= 0.6 is 0 Å². The Bertz CT molecular complexity index is 399. The molecule has 0 saturated carbocycles. The van der Waals surface area contributed by atoms with Gasteiger partial charge in [-0.05, 0) is 6.42 Å². The van der Waals surface area contributed by atoms with Gasteiger partial charge in [0.2, 0.25) is 0 Å². The molecule has 0 aliphatic rings. The summed E-state index contributed by atoms with van der Waals surface area (Å²) < 4.78 is 4.39. The van der Waals surface area contributed by atoms with Crippen molar-refractivity contribution >= 4 is 24.1 Å². The maximum Gasteiger partial charge on any atom is 1.00 e. The Hall–Kier alpha value is 0.280. The molecule has 28 heavy (non-hydrogen) atoms. The molecule has 0 unspecified atom stereocenters. The Morgan fingerprint density at radius 1 is 0.821 bits per heavy atom. The van der Waals surface area contributed by atoms with Crippen molar-refractivity contribution in [3.8, 4) is 0 Å². The van der Waals surface area contributed by atoms with Crippen LogP contribution in [-0.2, 0) is 19.1 Å². The Kier molecular flexibility index (Phi) is 37.6. The number of hydrogen-bond donors (Lipinski definition) is 2. The van der Waals surface area contributed by atoms with Gasteiger partial charge in [0.1, 0.15) is 6.21 Å². The van der Waals surface area contributed by atoms with Crippen LogP contribution in [0, 0.1) is 5.41 Å². The number of rotatable bonds is 15. The molecule has 2 N–H and O–H groups in total. The third-order valence-electron chi connectivity index (χ3n) is 3.82. The van der Waals surface area contributed by atoms with E-state index in [9.17, 15) is 9.59 Å². The molecule has 0 heterocycles. The molecule has 6 nitrogen and oxygen atoms in total. The van der Waals surface area contributed by atoms with Gasteiger partial charge >= 0.3 is 71.1 Å². The molecule has 0 atom stereocenters. The molecular weight excluding hydrogens is 380 g/mol. The molecule has 0 aliphatic heterocycles. The summed E-state index contributed by atoms with van der Waals surface area (Å²) in [7, 11) is 0. The fourth-order valence-electron chi connectivity index (χ4n) is 2.48. The van der Waals surface area contributed by atoms with Gasteiger partial charge in [-0.2, -0.15) is 0 Å². The van der Waals surface area contributed by atoms with E-state index in [4.69, 9.17) is 15.3 Å². The molecule has 156 valence electrons. The maximum absolute atomic E-state index is 11.2. The molecule has 0 fully saturated rings. The molecule has 0 aromatic rings. The van der Waals surface area contributed by atoms with Gasteiger partial charge < -0.3 is 18.1 Å². The van der Waals surface area contributed by atoms with Crippen LogP contribution in [0.1, 0.15) is 107 Å². The summed E-state index contributed by atoms with van der Waals surface area (Å²) in [5.41, 5.74) is 0. The van der Waals surface area contributed by atoms with E-state index in [1.165, 1.54) is 64.2 Å². The van der Waals surface area contributed by atoms with Crippen molar-refractivity contribution in [2.75, 3.05) is 0 Å². The number of unbranched alkanes of at least 4 members (excludes halogenated alkanes) is 12. The molecule has 0 aliphatic carbocycles. The van der Waals surface area contributed by atoms with Crippen LogP contribution in [0.15, 0.2) is 0 Å². The van der Waals surface area contributed by atoms with E-state index in [1.807, 2.05) is 0 Å². The number of ether oxygens (including phenoxy) is 1. The van der Waals surface area contributed by atoms with Crippen molar-refractivity contribution in [3.05, 3.63) is 0 Å².